The standard InChI is InChI=1S/C15H14BrClN2O/c16-11-2-1-10-7-15(20,4-3-9(10)5-11)13-6-12(17)8-19-14(13)18/h1-2,5-6,8,20H,3-4,7H2,(H2,18,19). The third kappa shape index (κ3) is 2.43. The molecule has 0 bridgehead atoms. The van der Waals surface area contributed by atoms with Crippen molar-refractivity contribution in [3.8, 4) is 0 Å². The molecule has 20 heavy (non-hydrogen) atoms. The molecule has 0 fully saturated rings. The van der Waals surface area contributed by atoms with Crippen LogP contribution < -0.4 is 5.73 Å². The number of benzene rings is 1. The van der Waals surface area contributed by atoms with Gasteiger partial charge in [0, 0.05) is 22.7 Å². The molecule has 1 aliphatic rings. The summed E-state index contributed by atoms with van der Waals surface area (Å²) in [5, 5.41) is 11.5. The van der Waals surface area contributed by atoms with E-state index < -0.39 is 5.60 Å². The SMILES string of the molecule is Nc1ncc(Cl)cc1C1(O)CCc2cc(Br)ccc2C1. The number of nitrogens with zero attached hydrogens (tertiary/aromatic N) is 1. The highest BCUT2D eigenvalue weighted by molar-refractivity contribution is 9.10. The molecular weight excluding hydrogens is 340 g/mol. The Hall–Kier alpha value is -1.10. The number of anilines is 1. The maximum atomic E-state index is 11.0. The Kier molecular flexibility index (Phi) is 3.48. The van der Waals surface area contributed by atoms with Gasteiger partial charge in [0.2, 0.25) is 0 Å². The number of rotatable bonds is 1. The van der Waals surface area contributed by atoms with Crippen molar-refractivity contribution < 1.29 is 5.11 Å². The van der Waals surface area contributed by atoms with Crippen molar-refractivity contribution in [3.63, 3.8) is 0 Å². The Morgan fingerprint density at radius 2 is 2.10 bits per heavy atom. The first-order chi connectivity index (χ1) is 9.48. The first kappa shape index (κ1) is 13.9. The van der Waals surface area contributed by atoms with Gasteiger partial charge in [-0.15, -0.1) is 0 Å². The second-order valence-electron chi connectivity index (χ2n) is 5.21. The minimum absolute atomic E-state index is 0.345. The lowest BCUT2D eigenvalue weighted by Gasteiger charge is -2.34. The quantitative estimate of drug-likeness (QED) is 0.825. The number of pyridine rings is 1. The molecule has 0 saturated heterocycles. The number of aliphatic hydroxyl groups is 1. The molecule has 5 heteroatoms. The molecule has 0 saturated carbocycles. The molecule has 3 N–H and O–H groups in total. The number of halogens is 2. The fraction of sp³-hybridized carbons (Fsp3) is 0.267. The van der Waals surface area contributed by atoms with Crippen LogP contribution in [0.4, 0.5) is 5.82 Å². The predicted octanol–water partition coefficient (Wildman–Crippen LogP) is 3.46. The van der Waals surface area contributed by atoms with Gasteiger partial charge in [0.25, 0.3) is 0 Å². The van der Waals surface area contributed by atoms with E-state index in [9.17, 15) is 5.11 Å². The van der Waals surface area contributed by atoms with E-state index in [1.54, 1.807) is 6.07 Å². The van der Waals surface area contributed by atoms with Gasteiger partial charge >= 0.3 is 0 Å². The summed E-state index contributed by atoms with van der Waals surface area (Å²) in [7, 11) is 0. The van der Waals surface area contributed by atoms with E-state index in [0.717, 1.165) is 16.5 Å². The maximum absolute atomic E-state index is 11.0. The van der Waals surface area contributed by atoms with E-state index >= 15 is 0 Å². The summed E-state index contributed by atoms with van der Waals surface area (Å²) in [4.78, 5) is 4.05. The molecule has 0 amide bonds. The van der Waals surface area contributed by atoms with Crippen LogP contribution >= 0.6 is 27.5 Å². The fourth-order valence-corrected chi connectivity index (χ4v) is 3.36. The highest BCUT2D eigenvalue weighted by Gasteiger charge is 2.36. The number of hydrogen-bond acceptors (Lipinski definition) is 3. The van der Waals surface area contributed by atoms with Crippen molar-refractivity contribution in [2.75, 3.05) is 5.73 Å². The van der Waals surface area contributed by atoms with Gasteiger partial charge in [0.05, 0.1) is 10.6 Å². The molecule has 2 aromatic rings. The van der Waals surface area contributed by atoms with Crippen molar-refractivity contribution in [1.29, 1.82) is 0 Å². The smallest absolute Gasteiger partial charge is 0.129 e. The molecule has 3 rings (SSSR count). The number of aromatic nitrogens is 1. The van der Waals surface area contributed by atoms with Gasteiger partial charge in [-0.2, -0.15) is 0 Å². The monoisotopic (exact) mass is 352 g/mol. The van der Waals surface area contributed by atoms with Crippen LogP contribution in [0.15, 0.2) is 34.9 Å². The molecule has 1 aromatic heterocycles. The van der Waals surface area contributed by atoms with E-state index in [1.165, 1.54) is 11.8 Å². The van der Waals surface area contributed by atoms with Crippen molar-refractivity contribution >= 4 is 33.3 Å². The average Bonchev–Trinajstić information content (AvgIpc) is 2.42. The molecule has 0 spiro atoms. The second kappa shape index (κ2) is 5.02. The van der Waals surface area contributed by atoms with Crippen LogP contribution in [0, 0.1) is 0 Å². The first-order valence-electron chi connectivity index (χ1n) is 6.39. The topological polar surface area (TPSA) is 59.1 Å². The zero-order valence-electron chi connectivity index (χ0n) is 10.7. The molecule has 1 heterocycles. The normalized spacial score (nSPS) is 21.6. The summed E-state index contributed by atoms with van der Waals surface area (Å²) in [5.41, 5.74) is 7.94. The maximum Gasteiger partial charge on any atom is 0.129 e. The summed E-state index contributed by atoms with van der Waals surface area (Å²) < 4.78 is 1.06. The van der Waals surface area contributed by atoms with Crippen LogP contribution in [-0.4, -0.2) is 10.1 Å². The zero-order valence-corrected chi connectivity index (χ0v) is 13.1. The Balaban J connectivity index is 2.02. The van der Waals surface area contributed by atoms with Crippen molar-refractivity contribution in [1.82, 2.24) is 4.98 Å². The largest absolute Gasteiger partial charge is 0.385 e. The summed E-state index contributed by atoms with van der Waals surface area (Å²) in [6.07, 6.45) is 3.44. The molecule has 0 aliphatic heterocycles. The summed E-state index contributed by atoms with van der Waals surface area (Å²) in [6.45, 7) is 0. The van der Waals surface area contributed by atoms with E-state index in [1.807, 2.05) is 12.1 Å². The van der Waals surface area contributed by atoms with Crippen LogP contribution in [0.5, 0.6) is 0 Å². The van der Waals surface area contributed by atoms with Crippen molar-refractivity contribution in [2.45, 2.75) is 24.9 Å². The summed E-state index contributed by atoms with van der Waals surface area (Å²) in [6, 6.07) is 7.85. The molecule has 0 radical (unpaired) electrons. The van der Waals surface area contributed by atoms with Crippen LogP contribution in [0.3, 0.4) is 0 Å². The molecule has 1 aromatic carbocycles. The summed E-state index contributed by atoms with van der Waals surface area (Å²) in [5.74, 6) is 0.345. The minimum atomic E-state index is -0.997. The van der Waals surface area contributed by atoms with Gasteiger partial charge in [-0.1, -0.05) is 33.6 Å². The molecule has 1 unspecified atom stereocenters. The number of hydrogen-bond donors (Lipinski definition) is 2. The highest BCUT2D eigenvalue weighted by atomic mass is 79.9. The third-order valence-corrected chi connectivity index (χ3v) is 4.55. The van der Waals surface area contributed by atoms with Crippen LogP contribution in [0.2, 0.25) is 5.02 Å². The number of nitrogen functional groups attached to an aromatic ring is 1. The zero-order chi connectivity index (χ0) is 14.3. The molecule has 3 nitrogen and oxygen atoms in total. The lowest BCUT2D eigenvalue weighted by Crippen LogP contribution is -2.34. The van der Waals surface area contributed by atoms with Crippen LogP contribution in [0.1, 0.15) is 23.1 Å². The number of nitrogens with two attached hydrogens (primary N) is 1. The van der Waals surface area contributed by atoms with Gasteiger partial charge in [-0.3, -0.25) is 0 Å². The first-order valence-corrected chi connectivity index (χ1v) is 7.56. The van der Waals surface area contributed by atoms with E-state index in [0.29, 0.717) is 29.2 Å². The number of fused-ring (bicyclic) bond motifs is 1. The number of aryl methyl sites for hydroxylation is 1. The van der Waals surface area contributed by atoms with Crippen LogP contribution in [-0.2, 0) is 18.4 Å². The minimum Gasteiger partial charge on any atom is -0.385 e. The van der Waals surface area contributed by atoms with Crippen molar-refractivity contribution in [3.05, 3.63) is 56.6 Å². The van der Waals surface area contributed by atoms with Gasteiger partial charge in [0.1, 0.15) is 5.82 Å². The van der Waals surface area contributed by atoms with Gasteiger partial charge in [-0.05, 0) is 42.2 Å². The second-order valence-corrected chi connectivity index (χ2v) is 6.56. The lowest BCUT2D eigenvalue weighted by molar-refractivity contribution is 0.0227. The molecule has 1 aliphatic carbocycles. The van der Waals surface area contributed by atoms with Gasteiger partial charge in [-0.25, -0.2) is 4.98 Å². The van der Waals surface area contributed by atoms with E-state index in [4.69, 9.17) is 17.3 Å². The fourth-order valence-electron chi connectivity index (χ4n) is 2.80. The predicted molar refractivity (Wildman–Crippen MR) is 83.7 cm³/mol. The average molecular weight is 354 g/mol. The van der Waals surface area contributed by atoms with Gasteiger partial charge < -0.3 is 10.8 Å². The van der Waals surface area contributed by atoms with E-state index in [-0.39, 0.29) is 0 Å². The lowest BCUT2D eigenvalue weighted by atomic mass is 9.76. The molecule has 104 valence electrons. The Labute approximate surface area is 130 Å². The van der Waals surface area contributed by atoms with Gasteiger partial charge in [0.15, 0.2) is 0 Å². The Morgan fingerprint density at radius 1 is 1.30 bits per heavy atom. The molecule has 1 atom stereocenters. The van der Waals surface area contributed by atoms with Crippen LogP contribution in [0.25, 0.3) is 0 Å². The summed E-state index contributed by atoms with van der Waals surface area (Å²) >= 11 is 9.46. The third-order valence-electron chi connectivity index (χ3n) is 3.85. The Bertz CT molecular complexity index is 677. The van der Waals surface area contributed by atoms with Crippen molar-refractivity contribution in [2.24, 2.45) is 0 Å². The Morgan fingerprint density at radius 3 is 2.90 bits per heavy atom. The highest BCUT2D eigenvalue weighted by Crippen LogP contribution is 2.39. The molecular formula is C15H14BrClN2O. The van der Waals surface area contributed by atoms with E-state index in [2.05, 4.69) is 27.0 Å².